The van der Waals surface area contributed by atoms with Crippen LogP contribution in [0.3, 0.4) is 0 Å². The van der Waals surface area contributed by atoms with Crippen LogP contribution in [0.15, 0.2) is 109 Å². The standard InChI is InChI=1S/2C8H8F2.2C8H9F.C8H16.2C8H10.C6H12/c2*1-5-3-7(9)6(2)8(10)4-5;2*1-6-3-4-7(2)8(9)5-6;3*1-7-3-5-8(2)6-4-7;1-2-4-6-5-3-1/h2*3-4H,1-2H3;2*3-5H,1-2H3;7-8H,3-6H2,1-2H3;2*3-6H,1-2H3;1-6H2. The Kier molecular flexibility index (Phi) is 29.9. The van der Waals surface area contributed by atoms with E-state index in [0.717, 1.165) is 23.0 Å². The second-order valence-corrected chi connectivity index (χ2v) is 19.0. The molecule has 0 nitrogen and oxygen atoms in total. The molecule has 0 radical (unpaired) electrons. The van der Waals surface area contributed by atoms with Gasteiger partial charge < -0.3 is 0 Å². The molecule has 6 aromatic carbocycles. The van der Waals surface area contributed by atoms with Gasteiger partial charge in [-0.3, -0.25) is 0 Å². The third-order valence-corrected chi connectivity index (χ3v) is 11.7. The lowest BCUT2D eigenvalue weighted by Gasteiger charge is -2.22. The molecule has 0 aliphatic heterocycles. The Morgan fingerprint density at radius 3 is 0.647 bits per heavy atom. The van der Waals surface area contributed by atoms with Gasteiger partial charge in [0.1, 0.15) is 34.9 Å². The quantitative estimate of drug-likeness (QED) is 0.133. The summed E-state index contributed by atoms with van der Waals surface area (Å²) in [5.41, 5.74) is 10.1. The minimum Gasteiger partial charge on any atom is -0.207 e. The van der Waals surface area contributed by atoms with Crippen molar-refractivity contribution in [3.05, 3.63) is 211 Å². The third-order valence-electron chi connectivity index (χ3n) is 11.7. The number of halogens is 6. The molecule has 2 aliphatic rings. The number of aryl methyl sites for hydroxylation is 10. The molecule has 372 valence electrons. The maximum Gasteiger partial charge on any atom is 0.129 e. The Bertz CT molecular complexity index is 2040. The molecule has 0 bridgehead atoms. The van der Waals surface area contributed by atoms with E-state index in [2.05, 4.69) is 90.1 Å². The van der Waals surface area contributed by atoms with Crippen molar-refractivity contribution in [1.82, 2.24) is 0 Å². The molecular formula is C62H82F6. The van der Waals surface area contributed by atoms with Crippen molar-refractivity contribution in [1.29, 1.82) is 0 Å². The van der Waals surface area contributed by atoms with Crippen molar-refractivity contribution < 1.29 is 26.3 Å². The summed E-state index contributed by atoms with van der Waals surface area (Å²) in [6.45, 7) is 26.6. The maximum atomic E-state index is 12.6. The van der Waals surface area contributed by atoms with Gasteiger partial charge in [-0.05, 0) is 165 Å². The van der Waals surface area contributed by atoms with Gasteiger partial charge in [0.15, 0.2) is 0 Å². The van der Waals surface area contributed by atoms with E-state index in [9.17, 15) is 26.3 Å². The van der Waals surface area contributed by atoms with Crippen molar-refractivity contribution >= 4 is 0 Å². The predicted molar refractivity (Wildman–Crippen MR) is 280 cm³/mol. The Labute approximate surface area is 408 Å². The second kappa shape index (κ2) is 33.4. The van der Waals surface area contributed by atoms with Crippen LogP contribution in [-0.4, -0.2) is 0 Å². The highest BCUT2D eigenvalue weighted by Gasteiger charge is 2.13. The Balaban J connectivity index is 0.000000390. The summed E-state index contributed by atoms with van der Waals surface area (Å²) in [5, 5.41) is 0. The lowest BCUT2D eigenvalue weighted by Crippen LogP contribution is -2.08. The van der Waals surface area contributed by atoms with E-state index in [-0.39, 0.29) is 22.8 Å². The Morgan fingerprint density at radius 2 is 0.456 bits per heavy atom. The maximum absolute atomic E-state index is 12.6. The van der Waals surface area contributed by atoms with E-state index in [1.54, 1.807) is 39.8 Å². The summed E-state index contributed by atoms with van der Waals surface area (Å²) >= 11 is 0. The van der Waals surface area contributed by atoms with E-state index in [4.69, 9.17) is 0 Å². The molecule has 0 aromatic heterocycles. The summed E-state index contributed by atoms with van der Waals surface area (Å²) in [6, 6.07) is 32.7. The zero-order chi connectivity index (χ0) is 51.3. The van der Waals surface area contributed by atoms with Crippen LogP contribution >= 0.6 is 0 Å². The fraction of sp³-hybridized carbons (Fsp3) is 0.419. The first-order valence-electron chi connectivity index (χ1n) is 24.3. The zero-order valence-corrected chi connectivity index (χ0v) is 43.9. The molecule has 0 spiro atoms. The van der Waals surface area contributed by atoms with Crippen LogP contribution in [0.5, 0.6) is 0 Å². The molecule has 2 fully saturated rings. The highest BCUT2D eigenvalue weighted by Crippen LogP contribution is 2.27. The first kappa shape index (κ1) is 60.9. The molecule has 2 saturated carbocycles. The van der Waals surface area contributed by atoms with Gasteiger partial charge >= 0.3 is 0 Å². The zero-order valence-electron chi connectivity index (χ0n) is 43.9. The van der Waals surface area contributed by atoms with Crippen LogP contribution in [-0.2, 0) is 0 Å². The monoisotopic (exact) mass is 941 g/mol. The SMILES string of the molecule is C1CCCCC1.CC1CCC(C)CC1.Cc1cc(F)c(C)c(F)c1.Cc1cc(F)c(C)c(F)c1.Cc1ccc(C)c(F)c1.Cc1ccc(C)c(F)c1.Cc1ccc(C)cc1.Cc1ccc(C)cc1. The van der Waals surface area contributed by atoms with Crippen LogP contribution in [0.25, 0.3) is 0 Å². The lowest BCUT2D eigenvalue weighted by molar-refractivity contribution is 0.308. The first-order valence-corrected chi connectivity index (χ1v) is 24.3. The Morgan fingerprint density at radius 1 is 0.265 bits per heavy atom. The summed E-state index contributed by atoms with van der Waals surface area (Å²) in [6.07, 6.45) is 14.9. The van der Waals surface area contributed by atoms with Gasteiger partial charge in [0.25, 0.3) is 0 Å². The van der Waals surface area contributed by atoms with Gasteiger partial charge in [0, 0.05) is 11.1 Å². The molecule has 0 saturated heterocycles. The number of hydrogen-bond donors (Lipinski definition) is 0. The molecule has 8 rings (SSSR count). The van der Waals surface area contributed by atoms with Crippen molar-refractivity contribution in [2.24, 2.45) is 11.8 Å². The molecule has 0 atom stereocenters. The number of rotatable bonds is 0. The third kappa shape index (κ3) is 27.6. The van der Waals surface area contributed by atoms with Crippen LogP contribution in [0.2, 0.25) is 0 Å². The number of benzene rings is 6. The van der Waals surface area contributed by atoms with Crippen LogP contribution in [0, 0.1) is 130 Å². The second-order valence-electron chi connectivity index (χ2n) is 19.0. The Hall–Kier alpha value is -5.10. The molecule has 0 heterocycles. The molecule has 0 amide bonds. The topological polar surface area (TPSA) is 0 Å². The minimum absolute atomic E-state index is 0.0885. The van der Waals surface area contributed by atoms with E-state index < -0.39 is 23.3 Å². The summed E-state index contributed by atoms with van der Waals surface area (Å²) < 4.78 is 75.6. The van der Waals surface area contributed by atoms with Gasteiger partial charge in [0.05, 0.1) is 0 Å². The van der Waals surface area contributed by atoms with Crippen molar-refractivity contribution in [3.63, 3.8) is 0 Å². The minimum atomic E-state index is -0.475. The van der Waals surface area contributed by atoms with Gasteiger partial charge in [-0.15, -0.1) is 0 Å². The molecular weight excluding hydrogens is 859 g/mol. The van der Waals surface area contributed by atoms with Gasteiger partial charge in [-0.1, -0.05) is 173 Å². The highest BCUT2D eigenvalue weighted by atomic mass is 19.2. The molecule has 6 heteroatoms. The summed E-state index contributed by atoms with van der Waals surface area (Å²) in [7, 11) is 0. The van der Waals surface area contributed by atoms with Crippen LogP contribution in [0.4, 0.5) is 26.3 Å². The molecule has 2 aliphatic carbocycles. The first-order chi connectivity index (χ1) is 32.0. The normalized spacial score (nSPS) is 14.5. The van der Waals surface area contributed by atoms with Crippen LogP contribution in [0.1, 0.15) is 145 Å². The average Bonchev–Trinajstić information content (AvgIpc) is 3.30. The average molecular weight is 941 g/mol. The van der Waals surface area contributed by atoms with Gasteiger partial charge in [-0.2, -0.15) is 0 Å². The van der Waals surface area contributed by atoms with E-state index in [1.807, 2.05) is 26.0 Å². The number of hydrogen-bond acceptors (Lipinski definition) is 0. The summed E-state index contributed by atoms with van der Waals surface area (Å²) in [5.74, 6) is -0.0904. The van der Waals surface area contributed by atoms with E-state index in [1.165, 1.54) is 137 Å². The van der Waals surface area contributed by atoms with Gasteiger partial charge in [0.2, 0.25) is 0 Å². The molecule has 68 heavy (non-hydrogen) atoms. The molecule has 6 aromatic rings. The van der Waals surface area contributed by atoms with Crippen molar-refractivity contribution in [2.75, 3.05) is 0 Å². The predicted octanol–water partition coefficient (Wildman–Crippen LogP) is 19.8. The summed E-state index contributed by atoms with van der Waals surface area (Å²) in [4.78, 5) is 0. The smallest absolute Gasteiger partial charge is 0.129 e. The molecule has 0 unspecified atom stereocenters. The van der Waals surface area contributed by atoms with Crippen LogP contribution < -0.4 is 0 Å². The molecule has 0 N–H and O–H groups in total. The van der Waals surface area contributed by atoms with E-state index >= 15 is 0 Å². The lowest BCUT2D eigenvalue weighted by atomic mass is 9.84. The van der Waals surface area contributed by atoms with Gasteiger partial charge in [-0.25, -0.2) is 26.3 Å². The van der Waals surface area contributed by atoms with E-state index in [0.29, 0.717) is 22.3 Å². The van der Waals surface area contributed by atoms with Crippen molar-refractivity contribution in [3.8, 4) is 0 Å². The largest absolute Gasteiger partial charge is 0.207 e. The highest BCUT2D eigenvalue weighted by molar-refractivity contribution is 5.26. The fourth-order valence-electron chi connectivity index (χ4n) is 6.70. The van der Waals surface area contributed by atoms with Crippen molar-refractivity contribution in [2.45, 2.75) is 161 Å². The fourth-order valence-corrected chi connectivity index (χ4v) is 6.70.